The van der Waals surface area contributed by atoms with Gasteiger partial charge < -0.3 is 18.9 Å². The summed E-state index contributed by atoms with van der Waals surface area (Å²) in [6.07, 6.45) is 6.98. The Kier molecular flexibility index (Phi) is 5.40. The number of methoxy groups -OCH3 is 1. The van der Waals surface area contributed by atoms with Gasteiger partial charge in [0.15, 0.2) is 5.76 Å². The van der Waals surface area contributed by atoms with E-state index in [-0.39, 0.29) is 29.9 Å². The maximum atomic E-state index is 13.5. The molecule has 1 aromatic heterocycles. The highest BCUT2D eigenvalue weighted by Gasteiger charge is 2.46. The number of imidazole rings is 1. The summed E-state index contributed by atoms with van der Waals surface area (Å²) in [5, 5.41) is 0. The Balaban J connectivity index is 1.46. The molecule has 2 saturated heterocycles. The predicted molar refractivity (Wildman–Crippen MR) is 122 cm³/mol. The SMILES string of the molecule is COc1cc(/C=C2\O[C@@H](C)C3CCC(c4ccc(F)cc4)N3C2=O)ccc1-n1cnc(C)c1. The number of fused-ring (bicyclic) bond motifs is 1. The van der Waals surface area contributed by atoms with Gasteiger partial charge in [-0.25, -0.2) is 9.37 Å². The zero-order chi connectivity index (χ0) is 23.1. The Morgan fingerprint density at radius 1 is 1.18 bits per heavy atom. The van der Waals surface area contributed by atoms with Gasteiger partial charge in [-0.15, -0.1) is 0 Å². The van der Waals surface area contributed by atoms with Crippen molar-refractivity contribution in [2.45, 2.75) is 44.9 Å². The first kappa shape index (κ1) is 21.2. The van der Waals surface area contributed by atoms with Gasteiger partial charge in [0, 0.05) is 6.20 Å². The van der Waals surface area contributed by atoms with E-state index in [1.54, 1.807) is 31.6 Å². The molecule has 7 heteroatoms. The highest BCUT2D eigenvalue weighted by Crippen LogP contribution is 2.42. The summed E-state index contributed by atoms with van der Waals surface area (Å²) in [6.45, 7) is 3.93. The van der Waals surface area contributed by atoms with Crippen LogP contribution in [0, 0.1) is 12.7 Å². The number of ether oxygens (including phenoxy) is 2. The molecule has 2 aliphatic heterocycles. The van der Waals surface area contributed by atoms with E-state index in [1.165, 1.54) is 12.1 Å². The minimum atomic E-state index is -0.279. The summed E-state index contributed by atoms with van der Waals surface area (Å²) in [5.41, 5.74) is 3.52. The third-order valence-electron chi connectivity index (χ3n) is 6.48. The van der Waals surface area contributed by atoms with Gasteiger partial charge in [0.1, 0.15) is 17.7 Å². The largest absolute Gasteiger partial charge is 0.495 e. The van der Waals surface area contributed by atoms with Gasteiger partial charge in [0.25, 0.3) is 5.91 Å². The maximum absolute atomic E-state index is 13.5. The average Bonchev–Trinajstić information content (AvgIpc) is 3.45. The minimum Gasteiger partial charge on any atom is -0.495 e. The van der Waals surface area contributed by atoms with Crippen LogP contribution in [-0.2, 0) is 9.53 Å². The van der Waals surface area contributed by atoms with E-state index < -0.39 is 0 Å². The molecule has 5 rings (SSSR count). The molecule has 0 radical (unpaired) electrons. The molecule has 0 aliphatic carbocycles. The van der Waals surface area contributed by atoms with Crippen LogP contribution in [-0.4, -0.2) is 39.6 Å². The smallest absolute Gasteiger partial charge is 0.289 e. The number of morpholine rings is 1. The van der Waals surface area contributed by atoms with Crippen molar-refractivity contribution in [2.75, 3.05) is 7.11 Å². The molecule has 0 N–H and O–H groups in total. The number of carbonyl (C=O) groups is 1. The second kappa shape index (κ2) is 8.39. The number of carbonyl (C=O) groups excluding carboxylic acids is 1. The number of rotatable bonds is 4. The summed E-state index contributed by atoms with van der Waals surface area (Å²) in [4.78, 5) is 19.7. The summed E-state index contributed by atoms with van der Waals surface area (Å²) >= 11 is 0. The van der Waals surface area contributed by atoms with Gasteiger partial charge in [-0.3, -0.25) is 4.79 Å². The molecule has 0 spiro atoms. The molecule has 0 bridgehead atoms. The van der Waals surface area contributed by atoms with Gasteiger partial charge in [-0.2, -0.15) is 0 Å². The number of hydrogen-bond donors (Lipinski definition) is 0. The highest BCUT2D eigenvalue weighted by molar-refractivity contribution is 5.97. The van der Waals surface area contributed by atoms with Gasteiger partial charge >= 0.3 is 0 Å². The second-order valence-electron chi connectivity index (χ2n) is 8.61. The summed E-state index contributed by atoms with van der Waals surface area (Å²) < 4.78 is 27.0. The molecular formula is C26H26FN3O3. The van der Waals surface area contributed by atoms with Crippen molar-refractivity contribution in [1.29, 1.82) is 0 Å². The van der Waals surface area contributed by atoms with Crippen LogP contribution in [0.4, 0.5) is 4.39 Å². The van der Waals surface area contributed by atoms with Gasteiger partial charge in [-0.05, 0) is 68.2 Å². The fraction of sp³-hybridized carbons (Fsp3) is 0.308. The lowest BCUT2D eigenvalue weighted by molar-refractivity contribution is -0.144. The van der Waals surface area contributed by atoms with E-state index in [9.17, 15) is 9.18 Å². The molecule has 6 nitrogen and oxygen atoms in total. The standard InChI is InChI=1S/C26H26FN3O3/c1-16-14-29(15-28-16)23-9-4-18(12-24(23)32-3)13-25-26(31)30-21(17(2)33-25)10-11-22(30)19-5-7-20(27)8-6-19/h4-9,12-15,17,21-22H,10-11H2,1-3H3/b25-13-/t17-,21?,22?/m0/s1. The van der Waals surface area contributed by atoms with E-state index in [0.29, 0.717) is 11.5 Å². The normalized spacial score (nSPS) is 23.5. The molecule has 33 heavy (non-hydrogen) atoms. The van der Waals surface area contributed by atoms with Crippen molar-refractivity contribution < 1.29 is 18.7 Å². The number of amides is 1. The fourth-order valence-corrected chi connectivity index (χ4v) is 4.86. The molecule has 0 saturated carbocycles. The number of aromatic nitrogens is 2. The third-order valence-corrected chi connectivity index (χ3v) is 6.48. The molecule has 3 atom stereocenters. The highest BCUT2D eigenvalue weighted by atomic mass is 19.1. The van der Waals surface area contributed by atoms with Crippen molar-refractivity contribution in [1.82, 2.24) is 14.5 Å². The van der Waals surface area contributed by atoms with Gasteiger partial charge in [-0.1, -0.05) is 18.2 Å². The Hall–Kier alpha value is -3.61. The Morgan fingerprint density at radius 3 is 2.67 bits per heavy atom. The number of aryl methyl sites for hydroxylation is 1. The van der Waals surface area contributed by atoms with Gasteiger partial charge in [0.2, 0.25) is 0 Å². The van der Waals surface area contributed by atoms with Crippen molar-refractivity contribution in [3.05, 3.63) is 83.4 Å². The molecule has 2 fully saturated rings. The van der Waals surface area contributed by atoms with E-state index in [4.69, 9.17) is 9.47 Å². The quantitative estimate of drug-likeness (QED) is 0.538. The van der Waals surface area contributed by atoms with Crippen LogP contribution in [0.25, 0.3) is 11.8 Å². The van der Waals surface area contributed by atoms with Crippen LogP contribution in [0.1, 0.15) is 42.6 Å². The van der Waals surface area contributed by atoms with Crippen molar-refractivity contribution >= 4 is 12.0 Å². The minimum absolute atomic E-state index is 0.00564. The number of hydrogen-bond acceptors (Lipinski definition) is 4. The molecule has 3 heterocycles. The molecule has 170 valence electrons. The van der Waals surface area contributed by atoms with Crippen molar-refractivity contribution in [3.63, 3.8) is 0 Å². The average molecular weight is 448 g/mol. The Bertz CT molecular complexity index is 1220. The molecule has 2 aliphatic rings. The zero-order valence-electron chi connectivity index (χ0n) is 18.9. The van der Waals surface area contributed by atoms with Crippen LogP contribution >= 0.6 is 0 Å². The van der Waals surface area contributed by atoms with E-state index >= 15 is 0 Å². The van der Waals surface area contributed by atoms with Crippen LogP contribution in [0.3, 0.4) is 0 Å². The van der Waals surface area contributed by atoms with E-state index in [2.05, 4.69) is 4.98 Å². The molecule has 2 unspecified atom stereocenters. The van der Waals surface area contributed by atoms with Crippen LogP contribution in [0.2, 0.25) is 0 Å². The topological polar surface area (TPSA) is 56.6 Å². The first-order valence-electron chi connectivity index (χ1n) is 11.1. The predicted octanol–water partition coefficient (Wildman–Crippen LogP) is 4.82. The van der Waals surface area contributed by atoms with Crippen LogP contribution < -0.4 is 4.74 Å². The Morgan fingerprint density at radius 2 is 1.97 bits per heavy atom. The van der Waals surface area contributed by atoms with Crippen molar-refractivity contribution in [3.8, 4) is 11.4 Å². The monoisotopic (exact) mass is 447 g/mol. The lowest BCUT2D eigenvalue weighted by atomic mass is 10.0. The lowest BCUT2D eigenvalue weighted by Gasteiger charge is -2.39. The van der Waals surface area contributed by atoms with Gasteiger partial charge in [0.05, 0.1) is 36.9 Å². The summed E-state index contributed by atoms with van der Waals surface area (Å²) in [5.74, 6) is 0.555. The first-order valence-corrected chi connectivity index (χ1v) is 11.1. The molecule has 1 amide bonds. The molecule has 2 aromatic carbocycles. The maximum Gasteiger partial charge on any atom is 0.289 e. The summed E-state index contributed by atoms with van der Waals surface area (Å²) in [7, 11) is 1.62. The van der Waals surface area contributed by atoms with Crippen LogP contribution in [0.5, 0.6) is 5.75 Å². The van der Waals surface area contributed by atoms with E-state index in [0.717, 1.165) is 35.3 Å². The lowest BCUT2D eigenvalue weighted by Crippen LogP contribution is -2.49. The summed E-state index contributed by atoms with van der Waals surface area (Å²) in [6, 6.07) is 12.1. The second-order valence-corrected chi connectivity index (χ2v) is 8.61. The number of nitrogens with zero attached hydrogens (tertiary/aromatic N) is 3. The first-order chi connectivity index (χ1) is 15.9. The zero-order valence-corrected chi connectivity index (χ0v) is 18.9. The number of benzene rings is 2. The van der Waals surface area contributed by atoms with Crippen molar-refractivity contribution in [2.24, 2.45) is 0 Å². The number of halogens is 1. The Labute approximate surface area is 192 Å². The molecular weight excluding hydrogens is 421 g/mol. The van der Waals surface area contributed by atoms with Crippen LogP contribution in [0.15, 0.2) is 60.7 Å². The molecule has 3 aromatic rings. The van der Waals surface area contributed by atoms with E-state index in [1.807, 2.05) is 47.7 Å². The fourth-order valence-electron chi connectivity index (χ4n) is 4.86. The third kappa shape index (κ3) is 3.88.